The Kier molecular flexibility index (Phi) is 7.61. The molecule has 1 N–H and O–H groups in total. The maximum Gasteiger partial charge on any atom is 0.413 e. The average Bonchev–Trinajstić information content (AvgIpc) is 2.67. The zero-order valence-corrected chi connectivity index (χ0v) is 17.5. The summed E-state index contributed by atoms with van der Waals surface area (Å²) in [6.45, 7) is 2.08. The predicted molar refractivity (Wildman–Crippen MR) is 105 cm³/mol. The molecule has 1 fully saturated rings. The van der Waals surface area contributed by atoms with Gasteiger partial charge in [0.2, 0.25) is 12.7 Å². The number of likely N-dealkylation sites (N-methyl/N-ethyl adjacent to an activating group) is 1. The van der Waals surface area contributed by atoms with Crippen LogP contribution in [0.15, 0.2) is 24.3 Å². The normalized spacial score (nSPS) is 19.8. The number of carbonyl (C=O) groups is 4. The highest BCUT2D eigenvalue weighted by Crippen LogP contribution is 2.42. The van der Waals surface area contributed by atoms with E-state index in [2.05, 4.69) is 5.32 Å². The van der Waals surface area contributed by atoms with Gasteiger partial charge in [0, 0.05) is 31.0 Å². The first kappa shape index (κ1) is 22.7. The number of hydrogen-bond donors (Lipinski definition) is 1. The van der Waals surface area contributed by atoms with Crippen molar-refractivity contribution in [2.45, 2.75) is 51.1 Å². The zero-order chi connectivity index (χ0) is 21.6. The van der Waals surface area contributed by atoms with E-state index in [1.165, 1.54) is 25.8 Å². The third kappa shape index (κ3) is 5.06. The van der Waals surface area contributed by atoms with E-state index in [1.54, 1.807) is 24.3 Å². The third-order valence-electron chi connectivity index (χ3n) is 4.98. The van der Waals surface area contributed by atoms with Gasteiger partial charge in [0.25, 0.3) is 0 Å². The van der Waals surface area contributed by atoms with Crippen molar-refractivity contribution < 1.29 is 28.7 Å². The number of ketones is 1. The Labute approximate surface area is 174 Å². The van der Waals surface area contributed by atoms with E-state index in [0.717, 1.165) is 12.8 Å². The summed E-state index contributed by atoms with van der Waals surface area (Å²) in [6, 6.07) is 6.03. The number of esters is 1. The van der Waals surface area contributed by atoms with Crippen LogP contribution in [-0.4, -0.2) is 48.5 Å². The van der Waals surface area contributed by atoms with E-state index < -0.39 is 30.4 Å². The van der Waals surface area contributed by atoms with E-state index in [9.17, 15) is 19.2 Å². The summed E-state index contributed by atoms with van der Waals surface area (Å²) in [7, 11) is 1.47. The largest absolute Gasteiger partial charge is 0.426 e. The lowest BCUT2D eigenvalue weighted by molar-refractivity contribution is -0.156. The van der Waals surface area contributed by atoms with Gasteiger partial charge in [-0.3, -0.25) is 14.5 Å². The molecule has 1 aromatic carbocycles. The second-order valence-electron chi connectivity index (χ2n) is 6.94. The minimum atomic E-state index is -1.23. The minimum absolute atomic E-state index is 0.118. The molecule has 2 rings (SSSR count). The number of carbonyl (C=O) groups excluding carboxylic acids is 4. The molecule has 0 spiro atoms. The number of Topliss-reactive ketones (excluding diaryl/α,β-unsaturated/α-hetero) is 1. The minimum Gasteiger partial charge on any atom is -0.426 e. The molecule has 9 heteroatoms. The summed E-state index contributed by atoms with van der Waals surface area (Å²) in [6.07, 6.45) is 1.41. The molecule has 29 heavy (non-hydrogen) atoms. The molecule has 8 nitrogen and oxygen atoms in total. The molecule has 1 aliphatic rings. The quantitative estimate of drug-likeness (QED) is 0.556. The number of ether oxygens (including phenoxy) is 2. The van der Waals surface area contributed by atoms with Gasteiger partial charge < -0.3 is 14.8 Å². The van der Waals surface area contributed by atoms with Crippen molar-refractivity contribution in [1.82, 2.24) is 10.2 Å². The van der Waals surface area contributed by atoms with Gasteiger partial charge in [-0.05, 0) is 32.3 Å². The highest BCUT2D eigenvalue weighted by Gasteiger charge is 2.48. The molecule has 1 aromatic rings. The van der Waals surface area contributed by atoms with E-state index in [-0.39, 0.29) is 11.7 Å². The highest BCUT2D eigenvalue weighted by molar-refractivity contribution is 6.31. The van der Waals surface area contributed by atoms with Crippen molar-refractivity contribution in [3.63, 3.8) is 0 Å². The van der Waals surface area contributed by atoms with Gasteiger partial charge >= 0.3 is 12.1 Å². The fourth-order valence-electron chi connectivity index (χ4n) is 3.51. The van der Waals surface area contributed by atoms with Crippen molar-refractivity contribution in [3.8, 4) is 0 Å². The SMILES string of the molecule is CC(=O)N[C@@H](C)C(=O)OCOC(=O)N(C)C1(c2ccccc2Cl)CCCCC1=O. The van der Waals surface area contributed by atoms with Crippen molar-refractivity contribution in [3.05, 3.63) is 34.9 Å². The van der Waals surface area contributed by atoms with Crippen LogP contribution in [0.25, 0.3) is 0 Å². The third-order valence-corrected chi connectivity index (χ3v) is 5.31. The van der Waals surface area contributed by atoms with Crippen LogP contribution in [0.5, 0.6) is 0 Å². The topological polar surface area (TPSA) is 102 Å². The van der Waals surface area contributed by atoms with Gasteiger partial charge in [0.1, 0.15) is 11.6 Å². The lowest BCUT2D eigenvalue weighted by Crippen LogP contribution is -2.54. The van der Waals surface area contributed by atoms with Gasteiger partial charge in [-0.2, -0.15) is 0 Å². The van der Waals surface area contributed by atoms with Crippen LogP contribution in [0.1, 0.15) is 45.1 Å². The lowest BCUT2D eigenvalue weighted by atomic mass is 9.74. The summed E-state index contributed by atoms with van der Waals surface area (Å²) in [5.41, 5.74) is -0.691. The van der Waals surface area contributed by atoms with Gasteiger partial charge in [0.15, 0.2) is 5.78 Å². The van der Waals surface area contributed by atoms with Crippen molar-refractivity contribution in [2.75, 3.05) is 13.8 Å². The Hall–Kier alpha value is -2.61. The summed E-state index contributed by atoms with van der Waals surface area (Å²) >= 11 is 6.35. The Morgan fingerprint density at radius 3 is 2.55 bits per heavy atom. The van der Waals surface area contributed by atoms with E-state index >= 15 is 0 Å². The zero-order valence-electron chi connectivity index (χ0n) is 16.7. The summed E-state index contributed by atoms with van der Waals surface area (Å²) in [5, 5.41) is 2.76. The van der Waals surface area contributed by atoms with Gasteiger partial charge in [-0.15, -0.1) is 0 Å². The number of benzene rings is 1. The molecule has 0 aliphatic heterocycles. The monoisotopic (exact) mass is 424 g/mol. The number of nitrogens with one attached hydrogen (secondary N) is 1. The van der Waals surface area contributed by atoms with Crippen LogP contribution in [0.3, 0.4) is 0 Å². The van der Waals surface area contributed by atoms with Crippen molar-refractivity contribution in [2.24, 2.45) is 0 Å². The maximum atomic E-state index is 13.0. The second-order valence-corrected chi connectivity index (χ2v) is 7.35. The highest BCUT2D eigenvalue weighted by atomic mass is 35.5. The predicted octanol–water partition coefficient (Wildman–Crippen LogP) is 2.77. The number of amides is 2. The smallest absolute Gasteiger partial charge is 0.413 e. The Bertz CT molecular complexity index is 799. The van der Waals surface area contributed by atoms with E-state index in [1.807, 2.05) is 0 Å². The Morgan fingerprint density at radius 1 is 1.24 bits per heavy atom. The van der Waals surface area contributed by atoms with E-state index in [0.29, 0.717) is 23.4 Å². The summed E-state index contributed by atoms with van der Waals surface area (Å²) in [4.78, 5) is 49.6. The van der Waals surface area contributed by atoms with Gasteiger partial charge in [0.05, 0.1) is 0 Å². The Morgan fingerprint density at radius 2 is 1.93 bits per heavy atom. The first-order valence-electron chi connectivity index (χ1n) is 9.32. The number of halogens is 1. The number of nitrogens with zero attached hydrogens (tertiary/aromatic N) is 1. The van der Waals surface area contributed by atoms with Crippen molar-refractivity contribution in [1.29, 1.82) is 0 Å². The molecule has 0 aromatic heterocycles. The summed E-state index contributed by atoms with van der Waals surface area (Å²) in [5.74, 6) is -1.25. The molecule has 2 atom stereocenters. The standard InChI is InChI=1S/C20H25ClN2O6/c1-13(22-14(2)24)18(26)28-12-29-19(27)23(3)20(11-7-6-10-17(20)25)15-8-4-5-9-16(15)21/h4-5,8-9,13H,6-7,10-12H2,1-3H3,(H,22,24)/t13-,20?/m0/s1. The van der Waals surface area contributed by atoms with Crippen LogP contribution < -0.4 is 5.32 Å². The first-order chi connectivity index (χ1) is 13.7. The molecule has 1 unspecified atom stereocenters. The molecular weight excluding hydrogens is 400 g/mol. The summed E-state index contributed by atoms with van der Waals surface area (Å²) < 4.78 is 9.92. The number of rotatable bonds is 6. The molecular formula is C20H25ClN2O6. The second kappa shape index (κ2) is 9.73. The van der Waals surface area contributed by atoms with Crippen LogP contribution in [-0.2, 0) is 29.4 Å². The van der Waals surface area contributed by atoms with Crippen LogP contribution in [0, 0.1) is 0 Å². The van der Waals surface area contributed by atoms with Gasteiger partial charge in [-0.25, -0.2) is 9.59 Å². The van der Waals surface area contributed by atoms with Crippen LogP contribution in [0.4, 0.5) is 4.79 Å². The Balaban J connectivity index is 2.12. The molecule has 0 saturated heterocycles. The molecule has 1 aliphatic carbocycles. The maximum absolute atomic E-state index is 13.0. The molecule has 2 amide bonds. The molecule has 0 radical (unpaired) electrons. The first-order valence-corrected chi connectivity index (χ1v) is 9.70. The fraction of sp³-hybridized carbons (Fsp3) is 0.500. The average molecular weight is 425 g/mol. The van der Waals surface area contributed by atoms with Gasteiger partial charge in [-0.1, -0.05) is 29.8 Å². The number of hydrogen-bond acceptors (Lipinski definition) is 6. The van der Waals surface area contributed by atoms with Crippen LogP contribution in [0.2, 0.25) is 5.02 Å². The molecule has 158 valence electrons. The van der Waals surface area contributed by atoms with Crippen LogP contribution >= 0.6 is 11.6 Å². The van der Waals surface area contributed by atoms with E-state index in [4.69, 9.17) is 21.1 Å². The molecule has 0 bridgehead atoms. The molecule has 0 heterocycles. The molecule has 1 saturated carbocycles. The van der Waals surface area contributed by atoms with Crippen molar-refractivity contribution >= 4 is 35.4 Å². The lowest BCUT2D eigenvalue weighted by Gasteiger charge is -2.43. The fourth-order valence-corrected chi connectivity index (χ4v) is 3.80.